The Labute approximate surface area is 185 Å². The van der Waals surface area contributed by atoms with Gasteiger partial charge < -0.3 is 14.0 Å². The number of para-hydroxylation sites is 1. The fourth-order valence-electron chi connectivity index (χ4n) is 3.40. The monoisotopic (exact) mass is 433 g/mol. The van der Waals surface area contributed by atoms with Crippen molar-refractivity contribution in [3.05, 3.63) is 72.0 Å². The summed E-state index contributed by atoms with van der Waals surface area (Å²) in [5, 5.41) is 9.82. The van der Waals surface area contributed by atoms with E-state index in [0.717, 1.165) is 16.8 Å². The predicted molar refractivity (Wildman–Crippen MR) is 117 cm³/mol. The molecule has 3 aromatic rings. The van der Waals surface area contributed by atoms with Crippen molar-refractivity contribution < 1.29 is 23.6 Å². The fraction of sp³-hybridized carbons (Fsp3) is 0.250. The highest BCUT2D eigenvalue weighted by molar-refractivity contribution is 6.02. The number of rotatable bonds is 8. The van der Waals surface area contributed by atoms with Gasteiger partial charge in [0.15, 0.2) is 12.4 Å². The average molecular weight is 433 g/mol. The molecule has 2 heterocycles. The Kier molecular flexibility index (Phi) is 6.60. The van der Waals surface area contributed by atoms with Crippen LogP contribution in [0.5, 0.6) is 5.75 Å². The number of hydrogen-bond donors (Lipinski definition) is 0. The lowest BCUT2D eigenvalue weighted by atomic mass is 10.1. The first-order valence-corrected chi connectivity index (χ1v) is 10.3. The lowest BCUT2D eigenvalue weighted by molar-refractivity contribution is -0.147. The number of amides is 1. The molecule has 1 amide bonds. The Morgan fingerprint density at radius 3 is 2.66 bits per heavy atom. The van der Waals surface area contributed by atoms with E-state index in [1.807, 2.05) is 54.6 Å². The molecule has 1 aromatic heterocycles. The van der Waals surface area contributed by atoms with E-state index in [1.165, 1.54) is 5.01 Å². The van der Waals surface area contributed by atoms with Crippen molar-refractivity contribution in [3.63, 3.8) is 0 Å². The number of ether oxygens (including phenoxy) is 2. The second-order valence-corrected chi connectivity index (χ2v) is 7.22. The molecule has 2 aromatic carbocycles. The Bertz CT molecular complexity index is 1120. The smallest absolute Gasteiger partial charge is 0.306 e. The molecular weight excluding hydrogens is 410 g/mol. The van der Waals surface area contributed by atoms with Gasteiger partial charge in [-0.3, -0.25) is 9.59 Å². The molecule has 0 radical (unpaired) electrons. The molecule has 1 aliphatic heterocycles. The lowest BCUT2D eigenvalue weighted by Crippen LogP contribution is -2.24. The highest BCUT2D eigenvalue weighted by Gasteiger charge is 2.22. The van der Waals surface area contributed by atoms with Crippen LogP contribution in [0.3, 0.4) is 0 Å². The molecule has 0 unspecified atom stereocenters. The second-order valence-electron chi connectivity index (χ2n) is 7.22. The van der Waals surface area contributed by atoms with Crippen molar-refractivity contribution in [3.8, 4) is 17.0 Å². The number of hydrogen-bond acceptors (Lipinski definition) is 7. The second kappa shape index (κ2) is 9.91. The van der Waals surface area contributed by atoms with E-state index in [9.17, 15) is 9.59 Å². The molecule has 0 bridgehead atoms. The van der Waals surface area contributed by atoms with E-state index in [0.29, 0.717) is 30.2 Å². The zero-order chi connectivity index (χ0) is 22.3. The maximum absolute atomic E-state index is 12.4. The Morgan fingerprint density at radius 2 is 1.84 bits per heavy atom. The van der Waals surface area contributed by atoms with Crippen LogP contribution in [0, 0.1) is 0 Å². The minimum absolute atomic E-state index is 0.0287. The van der Waals surface area contributed by atoms with Gasteiger partial charge in [-0.15, -0.1) is 0 Å². The van der Waals surface area contributed by atoms with Crippen molar-refractivity contribution in [2.75, 3.05) is 13.7 Å². The molecule has 0 aliphatic carbocycles. The number of carbonyl (C=O) groups excluding carboxylic acids is 2. The van der Waals surface area contributed by atoms with Gasteiger partial charge in [-0.1, -0.05) is 47.6 Å². The molecule has 164 valence electrons. The van der Waals surface area contributed by atoms with Gasteiger partial charge in [-0.2, -0.15) is 5.10 Å². The molecule has 0 fully saturated rings. The van der Waals surface area contributed by atoms with Crippen LogP contribution in [0.25, 0.3) is 11.3 Å². The highest BCUT2D eigenvalue weighted by Crippen LogP contribution is 2.29. The third kappa shape index (κ3) is 5.03. The average Bonchev–Trinajstić information content (AvgIpc) is 3.52. The molecule has 8 heteroatoms. The zero-order valence-electron chi connectivity index (χ0n) is 17.7. The van der Waals surface area contributed by atoms with Gasteiger partial charge in [-0.05, 0) is 17.7 Å². The Balaban J connectivity index is 1.25. The molecule has 4 rings (SSSR count). The summed E-state index contributed by atoms with van der Waals surface area (Å²) < 4.78 is 15.8. The van der Waals surface area contributed by atoms with Crippen LogP contribution in [0.4, 0.5) is 0 Å². The van der Waals surface area contributed by atoms with E-state index < -0.39 is 5.97 Å². The summed E-state index contributed by atoms with van der Waals surface area (Å²) in [5.41, 5.74) is 3.24. The van der Waals surface area contributed by atoms with Gasteiger partial charge in [0.2, 0.25) is 5.91 Å². The van der Waals surface area contributed by atoms with Crippen molar-refractivity contribution >= 4 is 17.6 Å². The summed E-state index contributed by atoms with van der Waals surface area (Å²) in [4.78, 5) is 24.5. The van der Waals surface area contributed by atoms with Crippen molar-refractivity contribution in [1.29, 1.82) is 0 Å². The van der Waals surface area contributed by atoms with Crippen LogP contribution < -0.4 is 4.74 Å². The van der Waals surface area contributed by atoms with Crippen molar-refractivity contribution in [2.24, 2.45) is 5.10 Å². The SMILES string of the molecule is COc1ccccc1-c1cc(COC(=O)CCC(=O)N2CCC(c3ccccc3)=N2)on1. The minimum atomic E-state index is -0.486. The van der Waals surface area contributed by atoms with Crippen LogP contribution in [-0.4, -0.2) is 41.4 Å². The van der Waals surface area contributed by atoms with Crippen LogP contribution in [0.15, 0.2) is 70.3 Å². The molecular formula is C24H23N3O5. The van der Waals surface area contributed by atoms with Gasteiger partial charge in [0.25, 0.3) is 0 Å². The summed E-state index contributed by atoms with van der Waals surface area (Å²) in [6.07, 6.45) is 0.701. The summed E-state index contributed by atoms with van der Waals surface area (Å²) in [5.74, 6) is 0.385. The molecule has 0 saturated heterocycles. The third-order valence-corrected chi connectivity index (χ3v) is 5.06. The molecule has 0 N–H and O–H groups in total. The van der Waals surface area contributed by atoms with E-state index in [-0.39, 0.29) is 25.4 Å². The number of carbonyl (C=O) groups is 2. The Morgan fingerprint density at radius 1 is 1.06 bits per heavy atom. The maximum atomic E-state index is 12.4. The first-order valence-electron chi connectivity index (χ1n) is 10.3. The normalized spacial score (nSPS) is 13.0. The quantitative estimate of drug-likeness (QED) is 0.502. The summed E-state index contributed by atoms with van der Waals surface area (Å²) >= 11 is 0. The number of aromatic nitrogens is 1. The molecule has 0 saturated carbocycles. The van der Waals surface area contributed by atoms with Crippen LogP contribution in [0.2, 0.25) is 0 Å². The standard InChI is InChI=1S/C24H23N3O5/c1-30-22-10-6-5-9-19(22)21-15-18(32-26-21)16-31-24(29)12-11-23(28)27-14-13-20(25-27)17-7-3-2-4-8-17/h2-10,15H,11-14,16H2,1H3. The van der Waals surface area contributed by atoms with E-state index in [2.05, 4.69) is 10.3 Å². The first-order chi connectivity index (χ1) is 15.6. The number of hydrazone groups is 1. The van der Waals surface area contributed by atoms with Gasteiger partial charge >= 0.3 is 5.97 Å². The lowest BCUT2D eigenvalue weighted by Gasteiger charge is -2.10. The van der Waals surface area contributed by atoms with E-state index >= 15 is 0 Å². The van der Waals surface area contributed by atoms with Gasteiger partial charge in [0, 0.05) is 24.5 Å². The van der Waals surface area contributed by atoms with Crippen LogP contribution >= 0.6 is 0 Å². The Hall–Kier alpha value is -3.94. The summed E-state index contributed by atoms with van der Waals surface area (Å²) in [6.45, 7) is 0.455. The fourth-order valence-corrected chi connectivity index (χ4v) is 3.40. The number of esters is 1. The van der Waals surface area contributed by atoms with E-state index in [4.69, 9.17) is 14.0 Å². The third-order valence-electron chi connectivity index (χ3n) is 5.06. The van der Waals surface area contributed by atoms with E-state index in [1.54, 1.807) is 13.2 Å². The zero-order valence-corrected chi connectivity index (χ0v) is 17.7. The number of methoxy groups -OCH3 is 1. The van der Waals surface area contributed by atoms with Gasteiger partial charge in [0.05, 0.1) is 25.8 Å². The maximum Gasteiger partial charge on any atom is 0.306 e. The minimum Gasteiger partial charge on any atom is -0.496 e. The molecule has 0 spiro atoms. The molecule has 0 atom stereocenters. The topological polar surface area (TPSA) is 94.2 Å². The van der Waals surface area contributed by atoms with Crippen LogP contribution in [0.1, 0.15) is 30.6 Å². The van der Waals surface area contributed by atoms with Crippen molar-refractivity contribution in [2.45, 2.75) is 25.9 Å². The number of nitrogens with zero attached hydrogens (tertiary/aromatic N) is 3. The molecule has 1 aliphatic rings. The highest BCUT2D eigenvalue weighted by atomic mass is 16.5. The predicted octanol–water partition coefficient (Wildman–Crippen LogP) is 3.81. The number of benzene rings is 2. The molecule has 8 nitrogen and oxygen atoms in total. The summed E-state index contributed by atoms with van der Waals surface area (Å²) in [7, 11) is 1.58. The van der Waals surface area contributed by atoms with Crippen LogP contribution in [-0.2, 0) is 20.9 Å². The van der Waals surface area contributed by atoms with Crippen molar-refractivity contribution in [1.82, 2.24) is 10.2 Å². The van der Waals surface area contributed by atoms with Gasteiger partial charge in [-0.25, -0.2) is 5.01 Å². The van der Waals surface area contributed by atoms with Gasteiger partial charge in [0.1, 0.15) is 11.4 Å². The largest absolute Gasteiger partial charge is 0.496 e. The summed E-state index contributed by atoms with van der Waals surface area (Å²) in [6, 6.07) is 18.9. The molecule has 32 heavy (non-hydrogen) atoms. The first kappa shape index (κ1) is 21.3.